The number of ketones is 1. The van der Waals surface area contributed by atoms with Gasteiger partial charge in [0.25, 0.3) is 0 Å². The van der Waals surface area contributed by atoms with Crippen molar-refractivity contribution in [2.45, 2.75) is 110 Å². The van der Waals surface area contributed by atoms with Crippen LogP contribution in [0.1, 0.15) is 104 Å². The van der Waals surface area contributed by atoms with Gasteiger partial charge >= 0.3 is 11.9 Å². The van der Waals surface area contributed by atoms with Crippen LogP contribution < -0.4 is 0 Å². The van der Waals surface area contributed by atoms with Crippen LogP contribution in [0.3, 0.4) is 0 Å². The zero-order chi connectivity index (χ0) is 21.2. The van der Waals surface area contributed by atoms with Gasteiger partial charge in [-0.3, -0.25) is 14.4 Å². The number of carbonyl (C=O) groups is 3. The van der Waals surface area contributed by atoms with Crippen molar-refractivity contribution < 1.29 is 32.6 Å². The number of carbonyl (C=O) groups excluding carboxylic acids is 3. The summed E-state index contributed by atoms with van der Waals surface area (Å²) in [5, 5.41) is 0. The van der Waals surface area contributed by atoms with Crippen LogP contribution in [-0.2, 0) is 23.9 Å². The lowest BCUT2D eigenvalue weighted by Crippen LogP contribution is -2.27. The van der Waals surface area contributed by atoms with E-state index in [9.17, 15) is 23.2 Å². The van der Waals surface area contributed by atoms with Gasteiger partial charge < -0.3 is 9.47 Å². The summed E-state index contributed by atoms with van der Waals surface area (Å²) in [7, 11) is 0. The molecule has 0 heterocycles. The highest BCUT2D eigenvalue weighted by molar-refractivity contribution is 5.82. The van der Waals surface area contributed by atoms with E-state index < -0.39 is 29.1 Å². The average molecular weight is 445 g/mol. The number of rotatable bonds is 9. The molecule has 0 aromatic carbocycles. The molecule has 0 amide bonds. The molecule has 0 aromatic heterocycles. The molecule has 0 N–H and O–H groups in total. The van der Waals surface area contributed by atoms with Crippen LogP contribution in [0.15, 0.2) is 0 Å². The quantitative estimate of drug-likeness (QED) is 0.354. The van der Waals surface area contributed by atoms with Gasteiger partial charge in [-0.2, -0.15) is 0 Å². The van der Waals surface area contributed by atoms with Crippen LogP contribution in [0, 0.1) is 10.8 Å². The maximum atomic E-state index is 12.4. The molecule has 0 spiro atoms. The Labute approximate surface area is 185 Å². The number of Topliss-reactive ketones (excluding diaryl/α,β-unsaturated/α-hetero) is 1. The molecule has 0 saturated heterocycles. The third kappa shape index (κ3) is 21.2. The minimum Gasteiger partial charge on any atom is -0.465 e. The van der Waals surface area contributed by atoms with Crippen LogP contribution in [0.25, 0.3) is 0 Å². The van der Waals surface area contributed by atoms with Gasteiger partial charge in [-0.05, 0) is 54.4 Å². The van der Waals surface area contributed by atoms with Crippen molar-refractivity contribution in [2.24, 2.45) is 10.8 Å². The third-order valence-corrected chi connectivity index (χ3v) is 4.05. The van der Waals surface area contributed by atoms with E-state index >= 15 is 0 Å². The average Bonchev–Trinajstić information content (AvgIpc) is 2.51. The normalized spacial score (nSPS) is 10.3. The third-order valence-electron chi connectivity index (χ3n) is 4.05. The predicted molar refractivity (Wildman–Crippen MR) is 123 cm³/mol. The molecular formula is C23H50F2O5. The number of halogens is 2. The number of hydrogen-bond donors (Lipinski definition) is 0. The summed E-state index contributed by atoms with van der Waals surface area (Å²) in [5.41, 5.74) is -1.06. The molecule has 7 heteroatoms. The van der Waals surface area contributed by atoms with E-state index in [0.29, 0.717) is 12.8 Å². The smallest absolute Gasteiger partial charge is 0.311 e. The monoisotopic (exact) mass is 444 g/mol. The van der Waals surface area contributed by atoms with Gasteiger partial charge in [0.2, 0.25) is 5.92 Å². The zero-order valence-corrected chi connectivity index (χ0v) is 17.3. The Balaban J connectivity index is -0.0000000854. The molecule has 0 aliphatic carbocycles. The maximum Gasteiger partial charge on any atom is 0.311 e. The standard InChI is InChI=1S/C10H18F2O2.C9H16O3.4CH4/c1-5-9(2,3)8(13)14-7-6-10(4,11)12;1-5-9(3,4)8(11)12-6-7(2)10;;;;/h5-7H2,1-4H3;5-6H2,1-4H3;4*1H4. The van der Waals surface area contributed by atoms with E-state index in [0.717, 1.165) is 6.92 Å². The Morgan fingerprint density at radius 1 is 0.733 bits per heavy atom. The summed E-state index contributed by atoms with van der Waals surface area (Å²) >= 11 is 0. The molecule has 5 nitrogen and oxygen atoms in total. The van der Waals surface area contributed by atoms with Crippen LogP contribution in [0.4, 0.5) is 8.78 Å². The van der Waals surface area contributed by atoms with Crippen molar-refractivity contribution in [3.8, 4) is 0 Å². The van der Waals surface area contributed by atoms with Gasteiger partial charge in [-0.15, -0.1) is 0 Å². The molecule has 30 heavy (non-hydrogen) atoms. The van der Waals surface area contributed by atoms with Gasteiger partial charge in [-0.1, -0.05) is 43.6 Å². The fourth-order valence-electron chi connectivity index (χ4n) is 1.17. The first kappa shape index (κ1) is 42.5. The van der Waals surface area contributed by atoms with Crippen molar-refractivity contribution >= 4 is 17.7 Å². The Morgan fingerprint density at radius 3 is 1.33 bits per heavy atom. The van der Waals surface area contributed by atoms with Crippen molar-refractivity contribution in [1.29, 1.82) is 0 Å². The van der Waals surface area contributed by atoms with E-state index in [-0.39, 0.29) is 54.7 Å². The summed E-state index contributed by atoms with van der Waals surface area (Å²) in [6, 6.07) is 0. The van der Waals surface area contributed by atoms with E-state index in [2.05, 4.69) is 0 Å². The molecule has 0 unspecified atom stereocenters. The van der Waals surface area contributed by atoms with Gasteiger partial charge in [0.05, 0.1) is 17.4 Å². The van der Waals surface area contributed by atoms with Crippen molar-refractivity contribution in [3.63, 3.8) is 0 Å². The molecule has 0 saturated carbocycles. The second-order valence-corrected chi connectivity index (χ2v) is 7.71. The highest BCUT2D eigenvalue weighted by atomic mass is 19.3. The van der Waals surface area contributed by atoms with Gasteiger partial charge in [-0.25, -0.2) is 8.78 Å². The van der Waals surface area contributed by atoms with E-state index in [1.54, 1.807) is 27.7 Å². The summed E-state index contributed by atoms with van der Waals surface area (Å²) in [4.78, 5) is 33.0. The Morgan fingerprint density at radius 2 is 1.07 bits per heavy atom. The van der Waals surface area contributed by atoms with Gasteiger partial charge in [0.1, 0.15) is 6.61 Å². The summed E-state index contributed by atoms with van der Waals surface area (Å²) < 4.78 is 34.2. The predicted octanol–water partition coefficient (Wildman–Crippen LogP) is 7.11. The largest absolute Gasteiger partial charge is 0.465 e. The van der Waals surface area contributed by atoms with E-state index in [1.807, 2.05) is 13.8 Å². The van der Waals surface area contributed by atoms with Crippen LogP contribution in [-0.4, -0.2) is 36.9 Å². The summed E-state index contributed by atoms with van der Waals surface area (Å²) in [6.07, 6.45) is 0.927. The van der Waals surface area contributed by atoms with E-state index in [4.69, 9.17) is 9.47 Å². The van der Waals surface area contributed by atoms with Crippen LogP contribution in [0.2, 0.25) is 0 Å². The lowest BCUT2D eigenvalue weighted by molar-refractivity contribution is -0.157. The van der Waals surface area contributed by atoms with Gasteiger partial charge in [0.15, 0.2) is 5.78 Å². The number of esters is 2. The lowest BCUT2D eigenvalue weighted by Gasteiger charge is -2.20. The Hall–Kier alpha value is -1.53. The first-order valence-electron chi connectivity index (χ1n) is 8.80. The fourth-order valence-corrected chi connectivity index (χ4v) is 1.17. The highest BCUT2D eigenvalue weighted by Gasteiger charge is 2.29. The zero-order valence-electron chi connectivity index (χ0n) is 17.3. The first-order valence-corrected chi connectivity index (χ1v) is 8.80. The second-order valence-electron chi connectivity index (χ2n) is 7.71. The highest BCUT2D eigenvalue weighted by Crippen LogP contribution is 2.23. The van der Waals surface area contributed by atoms with Crippen LogP contribution >= 0.6 is 0 Å². The molecule has 0 aliphatic heterocycles. The topological polar surface area (TPSA) is 69.7 Å². The lowest BCUT2D eigenvalue weighted by atomic mass is 9.91. The minimum absolute atomic E-state index is 0. The molecule has 0 radical (unpaired) electrons. The second kappa shape index (κ2) is 18.3. The molecule has 0 bridgehead atoms. The van der Waals surface area contributed by atoms with Crippen molar-refractivity contribution in [2.75, 3.05) is 13.2 Å². The first-order chi connectivity index (χ1) is 11.6. The maximum absolute atomic E-state index is 12.4. The number of alkyl halides is 2. The summed E-state index contributed by atoms with van der Waals surface area (Å²) in [6.45, 7) is 12.7. The number of hydrogen-bond acceptors (Lipinski definition) is 5. The fraction of sp³-hybridized carbons (Fsp3) is 0.870. The summed E-state index contributed by atoms with van der Waals surface area (Å²) in [5.74, 6) is -3.61. The SMILES string of the molecule is C.C.C.C.CCC(C)(C)C(=O)OCC(C)=O.CCC(C)(C)C(=O)OCCC(C)(F)F. The molecule has 186 valence electrons. The van der Waals surface area contributed by atoms with E-state index in [1.165, 1.54) is 6.92 Å². The Bertz CT molecular complexity index is 467. The Kier molecular flexibility index (Phi) is 25.9. The van der Waals surface area contributed by atoms with Gasteiger partial charge in [0, 0.05) is 6.42 Å². The molecular weight excluding hydrogens is 394 g/mol. The molecule has 0 atom stereocenters. The van der Waals surface area contributed by atoms with Crippen molar-refractivity contribution in [3.05, 3.63) is 0 Å². The minimum atomic E-state index is -2.77. The van der Waals surface area contributed by atoms with Crippen LogP contribution in [0.5, 0.6) is 0 Å². The molecule has 0 aromatic rings. The van der Waals surface area contributed by atoms with Crippen molar-refractivity contribution in [1.82, 2.24) is 0 Å². The molecule has 0 rings (SSSR count). The number of ether oxygens (including phenoxy) is 2. The molecule has 0 aliphatic rings. The molecule has 0 fully saturated rings.